The van der Waals surface area contributed by atoms with Crippen molar-refractivity contribution < 1.29 is 14.7 Å². The van der Waals surface area contributed by atoms with Gasteiger partial charge >= 0.3 is 5.97 Å². The number of carboxylic acids is 1. The number of carboxylic acid groups (broad SMARTS) is 1. The highest BCUT2D eigenvalue weighted by molar-refractivity contribution is 5.87. The highest BCUT2D eigenvalue weighted by Crippen LogP contribution is 2.07. The zero-order valence-corrected chi connectivity index (χ0v) is 12.8. The van der Waals surface area contributed by atoms with Crippen molar-refractivity contribution in [3.8, 4) is 0 Å². The topological polar surface area (TPSA) is 78.4 Å². The van der Waals surface area contributed by atoms with Crippen molar-refractivity contribution in [2.24, 2.45) is 5.92 Å². The number of nitrogens with one attached hydrogen (secondary N) is 2. The molecule has 1 rings (SSSR count). The van der Waals surface area contributed by atoms with Gasteiger partial charge in [-0.3, -0.25) is 4.79 Å². The summed E-state index contributed by atoms with van der Waals surface area (Å²) in [7, 11) is 1.71. The van der Waals surface area contributed by atoms with E-state index in [0.717, 1.165) is 5.56 Å². The Labute approximate surface area is 125 Å². The molecule has 0 aromatic heterocycles. The number of hydrogen-bond donors (Lipinski definition) is 3. The van der Waals surface area contributed by atoms with Crippen LogP contribution in [0, 0.1) is 5.92 Å². The van der Waals surface area contributed by atoms with E-state index >= 15 is 0 Å². The van der Waals surface area contributed by atoms with Gasteiger partial charge in [-0.1, -0.05) is 44.2 Å². The molecular weight excluding hydrogens is 268 g/mol. The Morgan fingerprint density at radius 3 is 2.24 bits per heavy atom. The second-order valence-corrected chi connectivity index (χ2v) is 5.56. The number of carbonyl (C=O) groups is 2. The van der Waals surface area contributed by atoms with Gasteiger partial charge in [-0.15, -0.1) is 0 Å². The molecule has 0 bridgehead atoms. The normalized spacial score (nSPS) is 13.7. The van der Waals surface area contributed by atoms with E-state index in [4.69, 9.17) is 0 Å². The molecule has 0 saturated carbocycles. The maximum absolute atomic E-state index is 12.2. The summed E-state index contributed by atoms with van der Waals surface area (Å²) in [6.45, 7) is 4.05. The summed E-state index contributed by atoms with van der Waals surface area (Å²) >= 11 is 0. The van der Waals surface area contributed by atoms with E-state index in [9.17, 15) is 14.7 Å². The van der Waals surface area contributed by atoms with E-state index in [0.29, 0.717) is 12.3 Å². The fraction of sp³-hybridized carbons (Fsp3) is 0.500. The first-order valence-electron chi connectivity index (χ1n) is 7.18. The van der Waals surface area contributed by atoms with Crippen LogP contribution in [0.15, 0.2) is 30.3 Å². The van der Waals surface area contributed by atoms with Crippen LogP contribution in [0.2, 0.25) is 0 Å². The molecule has 5 heteroatoms. The predicted molar refractivity (Wildman–Crippen MR) is 82.0 cm³/mol. The Balaban J connectivity index is 2.69. The lowest BCUT2D eigenvalue weighted by atomic mass is 10.0. The first kappa shape index (κ1) is 17.2. The summed E-state index contributed by atoms with van der Waals surface area (Å²) in [6.07, 6.45) is 0.944. The molecule has 5 nitrogen and oxygen atoms in total. The van der Waals surface area contributed by atoms with E-state index in [2.05, 4.69) is 10.6 Å². The number of amides is 1. The third-order valence-corrected chi connectivity index (χ3v) is 3.27. The van der Waals surface area contributed by atoms with Gasteiger partial charge in [0.05, 0.1) is 6.04 Å². The summed E-state index contributed by atoms with van der Waals surface area (Å²) in [5.74, 6) is -0.938. The summed E-state index contributed by atoms with van der Waals surface area (Å²) in [4.78, 5) is 23.5. The lowest BCUT2D eigenvalue weighted by Gasteiger charge is -2.21. The standard InChI is InChI=1S/C16H24N2O3/c1-11(2)9-13(17-3)15(19)18-14(16(20)21)10-12-7-5-4-6-8-12/h4-8,11,13-14,17H,9-10H2,1-3H3,(H,18,19)(H,20,21). The lowest BCUT2D eigenvalue weighted by Crippen LogP contribution is -2.50. The molecule has 0 spiro atoms. The van der Waals surface area contributed by atoms with Crippen molar-refractivity contribution in [1.29, 1.82) is 0 Å². The number of hydrogen-bond acceptors (Lipinski definition) is 3. The van der Waals surface area contributed by atoms with E-state index in [-0.39, 0.29) is 18.4 Å². The fourth-order valence-corrected chi connectivity index (χ4v) is 2.15. The molecule has 0 aliphatic heterocycles. The molecule has 0 saturated heterocycles. The minimum atomic E-state index is -1.02. The van der Waals surface area contributed by atoms with Crippen LogP contribution in [0.4, 0.5) is 0 Å². The van der Waals surface area contributed by atoms with E-state index in [1.54, 1.807) is 7.05 Å². The average Bonchev–Trinajstić information content (AvgIpc) is 2.44. The van der Waals surface area contributed by atoms with E-state index in [1.807, 2.05) is 44.2 Å². The fourth-order valence-electron chi connectivity index (χ4n) is 2.15. The number of likely N-dealkylation sites (N-methyl/N-ethyl adjacent to an activating group) is 1. The van der Waals surface area contributed by atoms with Gasteiger partial charge in [0, 0.05) is 6.42 Å². The third kappa shape index (κ3) is 5.95. The maximum Gasteiger partial charge on any atom is 0.326 e. The Morgan fingerprint density at radius 2 is 1.76 bits per heavy atom. The van der Waals surface area contributed by atoms with Crippen molar-refractivity contribution in [2.75, 3.05) is 7.05 Å². The van der Waals surface area contributed by atoms with Crippen molar-refractivity contribution in [3.63, 3.8) is 0 Å². The largest absolute Gasteiger partial charge is 0.480 e. The maximum atomic E-state index is 12.2. The Hall–Kier alpha value is -1.88. The first-order valence-corrected chi connectivity index (χ1v) is 7.18. The van der Waals surface area contributed by atoms with Crippen LogP contribution in [0.25, 0.3) is 0 Å². The molecule has 1 aromatic carbocycles. The minimum absolute atomic E-state index is 0.269. The monoisotopic (exact) mass is 292 g/mol. The third-order valence-electron chi connectivity index (χ3n) is 3.27. The van der Waals surface area contributed by atoms with Crippen LogP contribution in [0.1, 0.15) is 25.8 Å². The summed E-state index contributed by atoms with van der Waals surface area (Å²) in [6, 6.07) is 8.00. The Bertz CT molecular complexity index is 460. The minimum Gasteiger partial charge on any atom is -0.480 e. The highest BCUT2D eigenvalue weighted by atomic mass is 16.4. The van der Waals surface area contributed by atoms with Gasteiger partial charge in [0.1, 0.15) is 6.04 Å². The summed E-state index contributed by atoms with van der Waals surface area (Å²) in [5, 5.41) is 14.8. The second kappa shape index (κ2) is 8.42. The molecule has 1 amide bonds. The van der Waals surface area contributed by atoms with Gasteiger partial charge in [-0.2, -0.15) is 0 Å². The summed E-state index contributed by atoms with van der Waals surface area (Å²) in [5.41, 5.74) is 0.884. The zero-order chi connectivity index (χ0) is 15.8. The molecule has 0 aliphatic rings. The smallest absolute Gasteiger partial charge is 0.326 e. The molecule has 0 radical (unpaired) electrons. The zero-order valence-electron chi connectivity index (χ0n) is 12.8. The van der Waals surface area contributed by atoms with Crippen LogP contribution in [-0.2, 0) is 16.0 Å². The molecule has 1 aromatic rings. The summed E-state index contributed by atoms with van der Waals surface area (Å²) < 4.78 is 0. The first-order chi connectivity index (χ1) is 9.93. The van der Waals surface area contributed by atoms with E-state index in [1.165, 1.54) is 0 Å². The molecule has 0 heterocycles. The van der Waals surface area contributed by atoms with Gasteiger partial charge in [-0.05, 0) is 24.9 Å². The molecule has 2 unspecified atom stereocenters. The quantitative estimate of drug-likeness (QED) is 0.677. The SMILES string of the molecule is CNC(CC(C)C)C(=O)NC(Cc1ccccc1)C(=O)O. The van der Waals surface area contributed by atoms with Gasteiger partial charge < -0.3 is 15.7 Å². The van der Waals surface area contributed by atoms with Crippen molar-refractivity contribution in [2.45, 2.75) is 38.8 Å². The van der Waals surface area contributed by atoms with Gasteiger partial charge in [0.2, 0.25) is 5.91 Å². The lowest BCUT2D eigenvalue weighted by molar-refractivity contribution is -0.142. The van der Waals surface area contributed by atoms with Crippen LogP contribution in [-0.4, -0.2) is 36.1 Å². The molecule has 0 aliphatic carbocycles. The molecule has 2 atom stereocenters. The van der Waals surface area contributed by atoms with Crippen LogP contribution >= 0.6 is 0 Å². The number of aliphatic carboxylic acids is 1. The van der Waals surface area contributed by atoms with Gasteiger partial charge in [0.25, 0.3) is 0 Å². The van der Waals surface area contributed by atoms with Crippen molar-refractivity contribution in [1.82, 2.24) is 10.6 Å². The predicted octanol–water partition coefficient (Wildman–Crippen LogP) is 1.43. The molecule has 0 fully saturated rings. The molecular formula is C16H24N2O3. The highest BCUT2D eigenvalue weighted by Gasteiger charge is 2.25. The van der Waals surface area contributed by atoms with Crippen LogP contribution < -0.4 is 10.6 Å². The van der Waals surface area contributed by atoms with E-state index < -0.39 is 12.0 Å². The molecule has 116 valence electrons. The van der Waals surface area contributed by atoms with Crippen molar-refractivity contribution >= 4 is 11.9 Å². The number of rotatable bonds is 8. The molecule has 3 N–H and O–H groups in total. The Morgan fingerprint density at radius 1 is 1.14 bits per heavy atom. The van der Waals surface area contributed by atoms with Crippen LogP contribution in [0.5, 0.6) is 0 Å². The van der Waals surface area contributed by atoms with Crippen LogP contribution in [0.3, 0.4) is 0 Å². The van der Waals surface area contributed by atoms with Gasteiger partial charge in [-0.25, -0.2) is 4.79 Å². The number of carbonyl (C=O) groups excluding carboxylic acids is 1. The second-order valence-electron chi connectivity index (χ2n) is 5.56. The number of benzene rings is 1. The average molecular weight is 292 g/mol. The van der Waals surface area contributed by atoms with Gasteiger partial charge in [0.15, 0.2) is 0 Å². The molecule has 21 heavy (non-hydrogen) atoms. The van der Waals surface area contributed by atoms with Crippen molar-refractivity contribution in [3.05, 3.63) is 35.9 Å². The Kier molecular flexibility index (Phi) is 6.88.